The maximum Gasteiger partial charge on any atom is 0.416 e. The molecule has 0 saturated carbocycles. The highest BCUT2D eigenvalue weighted by atomic mass is 32.2. The molecule has 2 N–H and O–H groups in total. The number of benzene rings is 3. The number of thioether (sulfide) groups is 1. The van der Waals surface area contributed by atoms with E-state index in [0.29, 0.717) is 11.0 Å². The molecule has 1 aliphatic rings. The van der Waals surface area contributed by atoms with Crippen LogP contribution in [0.25, 0.3) is 11.4 Å². The number of nitrogens with one attached hydrogen (secondary N) is 2. The molecule has 0 unspecified atom stereocenters. The van der Waals surface area contributed by atoms with Gasteiger partial charge in [-0.15, -0.1) is 10.2 Å². The van der Waals surface area contributed by atoms with Crippen LogP contribution in [0.2, 0.25) is 0 Å². The molecule has 35 heavy (non-hydrogen) atoms. The van der Waals surface area contributed by atoms with Crippen LogP contribution in [-0.2, 0) is 11.0 Å². The second-order valence-electron chi connectivity index (χ2n) is 8.13. The minimum atomic E-state index is -4.50. The van der Waals surface area contributed by atoms with Crippen LogP contribution in [0, 0.1) is 6.92 Å². The lowest BCUT2D eigenvalue weighted by Crippen LogP contribution is -2.41. The van der Waals surface area contributed by atoms with E-state index in [2.05, 4.69) is 20.9 Å². The van der Waals surface area contributed by atoms with Gasteiger partial charge in [0.2, 0.25) is 11.1 Å². The van der Waals surface area contributed by atoms with Gasteiger partial charge in [0.25, 0.3) is 0 Å². The van der Waals surface area contributed by atoms with E-state index in [4.69, 9.17) is 0 Å². The summed E-state index contributed by atoms with van der Waals surface area (Å²) >= 11 is 1.21. The predicted octanol–water partition coefficient (Wildman–Crippen LogP) is 5.67. The Balaban J connectivity index is 1.49. The molecule has 1 aliphatic heterocycles. The van der Waals surface area contributed by atoms with Gasteiger partial charge in [-0.3, -0.25) is 4.79 Å². The molecule has 0 saturated heterocycles. The van der Waals surface area contributed by atoms with E-state index in [9.17, 15) is 18.0 Å². The number of alkyl halides is 3. The number of carbonyl (C=O) groups is 1. The average Bonchev–Trinajstić information content (AvgIpc) is 3.27. The van der Waals surface area contributed by atoms with Crippen LogP contribution in [0.1, 0.15) is 22.7 Å². The van der Waals surface area contributed by atoms with Crippen molar-refractivity contribution in [3.8, 4) is 11.4 Å². The molecular formula is C25H20F3N5OS. The van der Waals surface area contributed by atoms with E-state index in [1.54, 1.807) is 4.68 Å². The first kappa shape index (κ1) is 23.0. The first-order valence-corrected chi connectivity index (χ1v) is 11.7. The van der Waals surface area contributed by atoms with E-state index in [0.717, 1.165) is 28.8 Å². The fourth-order valence-corrected chi connectivity index (χ4v) is 4.92. The first-order valence-electron chi connectivity index (χ1n) is 10.8. The summed E-state index contributed by atoms with van der Waals surface area (Å²) in [6, 6.07) is 21.4. The third-order valence-electron chi connectivity index (χ3n) is 5.62. The summed E-state index contributed by atoms with van der Waals surface area (Å²) in [4.78, 5) is 13.4. The summed E-state index contributed by atoms with van der Waals surface area (Å²) in [5.74, 6) is 0.157. The second-order valence-corrected chi connectivity index (χ2v) is 9.24. The van der Waals surface area contributed by atoms with Crippen LogP contribution >= 0.6 is 11.8 Å². The predicted molar refractivity (Wildman–Crippen MR) is 128 cm³/mol. The molecule has 6 nitrogen and oxygen atoms in total. The van der Waals surface area contributed by atoms with Crippen molar-refractivity contribution in [1.29, 1.82) is 0 Å². The first-order chi connectivity index (χ1) is 16.8. The van der Waals surface area contributed by atoms with Crippen molar-refractivity contribution in [3.05, 3.63) is 95.6 Å². The summed E-state index contributed by atoms with van der Waals surface area (Å²) in [6.45, 7) is 1.97. The molecule has 2 atom stereocenters. The minimum absolute atomic E-state index is 0.0742. The molecule has 0 spiro atoms. The Morgan fingerprint density at radius 3 is 2.46 bits per heavy atom. The largest absolute Gasteiger partial charge is 0.416 e. The van der Waals surface area contributed by atoms with Crippen molar-refractivity contribution >= 4 is 23.4 Å². The maximum atomic E-state index is 13.4. The molecule has 1 aromatic heterocycles. The van der Waals surface area contributed by atoms with Crippen molar-refractivity contribution in [2.24, 2.45) is 0 Å². The molecule has 178 valence electrons. The zero-order chi connectivity index (χ0) is 24.6. The lowest BCUT2D eigenvalue weighted by molar-refractivity contribution is -0.137. The molecule has 3 aromatic carbocycles. The molecule has 1 amide bonds. The van der Waals surface area contributed by atoms with Crippen molar-refractivity contribution in [2.45, 2.75) is 29.5 Å². The number of anilines is 1. The molecule has 0 fully saturated rings. The van der Waals surface area contributed by atoms with Gasteiger partial charge in [0.15, 0.2) is 5.82 Å². The highest BCUT2D eigenvalue weighted by Gasteiger charge is 2.38. The van der Waals surface area contributed by atoms with E-state index in [1.165, 1.54) is 23.9 Å². The smallest absolute Gasteiger partial charge is 0.325 e. The highest BCUT2D eigenvalue weighted by Crippen LogP contribution is 2.39. The van der Waals surface area contributed by atoms with Crippen molar-refractivity contribution < 1.29 is 18.0 Å². The van der Waals surface area contributed by atoms with Gasteiger partial charge < -0.3 is 10.7 Å². The van der Waals surface area contributed by atoms with Gasteiger partial charge in [0.1, 0.15) is 5.25 Å². The number of aryl methyl sites for hydroxylation is 1. The monoisotopic (exact) mass is 495 g/mol. The average molecular weight is 496 g/mol. The van der Waals surface area contributed by atoms with Crippen LogP contribution in [0.5, 0.6) is 0 Å². The van der Waals surface area contributed by atoms with Gasteiger partial charge in [-0.05, 0) is 30.7 Å². The van der Waals surface area contributed by atoms with Crippen LogP contribution in [0.15, 0.2) is 84.0 Å². The van der Waals surface area contributed by atoms with Gasteiger partial charge in [-0.2, -0.15) is 13.2 Å². The zero-order valence-electron chi connectivity index (χ0n) is 18.5. The Bertz CT molecular complexity index is 1360. The van der Waals surface area contributed by atoms with Crippen molar-refractivity contribution in [2.75, 3.05) is 10.7 Å². The molecule has 2 heterocycles. The van der Waals surface area contributed by atoms with E-state index >= 15 is 0 Å². The number of amides is 1. The number of carbonyl (C=O) groups excluding carboxylic acids is 1. The summed E-state index contributed by atoms with van der Waals surface area (Å²) in [6.07, 6.45) is -4.50. The van der Waals surface area contributed by atoms with Gasteiger partial charge in [0.05, 0.1) is 11.6 Å². The second kappa shape index (κ2) is 9.10. The number of rotatable bonds is 4. The Morgan fingerprint density at radius 2 is 1.74 bits per heavy atom. The van der Waals surface area contributed by atoms with Gasteiger partial charge in [0, 0.05) is 11.3 Å². The number of aromatic nitrogens is 3. The number of halogens is 3. The van der Waals surface area contributed by atoms with E-state index < -0.39 is 28.9 Å². The summed E-state index contributed by atoms with van der Waals surface area (Å²) in [5, 5.41) is 11.0. The maximum absolute atomic E-state index is 13.4. The summed E-state index contributed by atoms with van der Waals surface area (Å²) < 4.78 is 41.2. The normalized spacial score (nSPS) is 17.4. The number of fused-ring (bicyclic) bond motifs is 1. The molecule has 0 aliphatic carbocycles. The van der Waals surface area contributed by atoms with Crippen molar-refractivity contribution in [1.82, 2.24) is 14.9 Å². The molecule has 0 radical (unpaired) electrons. The van der Waals surface area contributed by atoms with E-state index in [-0.39, 0.29) is 5.69 Å². The fourth-order valence-electron chi connectivity index (χ4n) is 3.84. The Labute approximate surface area is 203 Å². The van der Waals surface area contributed by atoms with Crippen LogP contribution in [0.4, 0.5) is 18.9 Å². The van der Waals surface area contributed by atoms with E-state index in [1.807, 2.05) is 61.5 Å². The number of nitrogens with zero attached hydrogens (tertiary/aromatic N) is 3. The Kier molecular flexibility index (Phi) is 5.98. The molecule has 10 heteroatoms. The topological polar surface area (TPSA) is 71.8 Å². The highest BCUT2D eigenvalue weighted by molar-refractivity contribution is 8.00. The van der Waals surface area contributed by atoms with Gasteiger partial charge >= 0.3 is 6.18 Å². The minimum Gasteiger partial charge on any atom is -0.325 e. The van der Waals surface area contributed by atoms with Gasteiger partial charge in [-0.25, -0.2) is 4.68 Å². The van der Waals surface area contributed by atoms with Crippen molar-refractivity contribution in [3.63, 3.8) is 0 Å². The van der Waals surface area contributed by atoms with Crippen LogP contribution < -0.4 is 10.7 Å². The quantitative estimate of drug-likeness (QED) is 0.382. The zero-order valence-corrected chi connectivity index (χ0v) is 19.3. The SMILES string of the molecule is Cc1ccc([C@@H]2Nn3c(nnc3-c3ccccc3)S[C@H]2C(=O)Nc2cccc(C(F)(F)F)c2)cc1. The van der Waals surface area contributed by atoms with Crippen LogP contribution in [0.3, 0.4) is 0 Å². The Morgan fingerprint density at radius 1 is 1.00 bits per heavy atom. The number of hydrogen-bond acceptors (Lipinski definition) is 5. The fraction of sp³-hybridized carbons (Fsp3) is 0.160. The standard InChI is InChI=1S/C25H20F3N5OS/c1-15-10-12-16(13-11-15)20-21(23(34)29-19-9-5-8-18(14-19)25(26,27)28)35-24-31-30-22(33(24)32-20)17-6-3-2-4-7-17/h2-14,20-21,32H,1H3,(H,29,34)/t20-,21+/m0/s1. The molecule has 0 bridgehead atoms. The third kappa shape index (κ3) is 4.74. The lowest BCUT2D eigenvalue weighted by atomic mass is 10.0. The molecular weight excluding hydrogens is 475 g/mol. The Hall–Kier alpha value is -3.79. The summed E-state index contributed by atoms with van der Waals surface area (Å²) in [5.41, 5.74) is 5.38. The molecule has 5 rings (SSSR count). The third-order valence-corrected chi connectivity index (χ3v) is 6.84. The van der Waals surface area contributed by atoms with Crippen LogP contribution in [-0.4, -0.2) is 26.0 Å². The number of hydrogen-bond donors (Lipinski definition) is 2. The molecule has 4 aromatic rings. The summed E-state index contributed by atoms with van der Waals surface area (Å²) in [7, 11) is 0. The lowest BCUT2D eigenvalue weighted by Gasteiger charge is -2.33. The van der Waals surface area contributed by atoms with Gasteiger partial charge in [-0.1, -0.05) is 78.0 Å².